The Morgan fingerprint density at radius 1 is 1.39 bits per heavy atom. The summed E-state index contributed by atoms with van der Waals surface area (Å²) in [6.45, 7) is 3.96. The molecule has 1 amide bonds. The number of hydrogen-bond donors (Lipinski definition) is 1. The SMILES string of the molecule is CC(C)C(CF)n1ncnc1-c1cc2c(s1)-c1ccc(C(N)=O)cc1OCC2. The number of amides is 1. The third-order valence-electron chi connectivity index (χ3n) is 4.98. The summed E-state index contributed by atoms with van der Waals surface area (Å²) in [5.74, 6) is 0.936. The average Bonchev–Trinajstić information content (AvgIpc) is 3.26. The van der Waals surface area contributed by atoms with Gasteiger partial charge in [-0.25, -0.2) is 14.1 Å². The molecule has 0 radical (unpaired) electrons. The number of thiophene rings is 1. The number of rotatable bonds is 5. The van der Waals surface area contributed by atoms with Crippen molar-refractivity contribution < 1.29 is 13.9 Å². The third kappa shape index (κ3) is 3.17. The van der Waals surface area contributed by atoms with Crippen molar-refractivity contribution >= 4 is 17.2 Å². The lowest BCUT2D eigenvalue weighted by Crippen LogP contribution is -2.19. The van der Waals surface area contributed by atoms with Gasteiger partial charge in [-0.3, -0.25) is 4.79 Å². The summed E-state index contributed by atoms with van der Waals surface area (Å²) in [5, 5.41) is 4.28. The van der Waals surface area contributed by atoms with Gasteiger partial charge in [0, 0.05) is 22.4 Å². The Kier molecular flexibility index (Phi) is 4.89. The molecule has 6 nitrogen and oxygen atoms in total. The van der Waals surface area contributed by atoms with Crippen LogP contribution in [0.2, 0.25) is 0 Å². The first-order chi connectivity index (χ1) is 13.5. The largest absolute Gasteiger partial charge is 0.493 e. The Hall–Kier alpha value is -2.74. The summed E-state index contributed by atoms with van der Waals surface area (Å²) in [7, 11) is 0. The number of nitrogens with zero attached hydrogens (tertiary/aromatic N) is 3. The van der Waals surface area contributed by atoms with Crippen LogP contribution in [0.4, 0.5) is 4.39 Å². The van der Waals surface area contributed by atoms with Gasteiger partial charge in [0.1, 0.15) is 18.8 Å². The highest BCUT2D eigenvalue weighted by atomic mass is 32.1. The summed E-state index contributed by atoms with van der Waals surface area (Å²) in [6, 6.07) is 6.99. The van der Waals surface area contributed by atoms with E-state index in [1.54, 1.807) is 28.2 Å². The van der Waals surface area contributed by atoms with Crippen LogP contribution in [0.25, 0.3) is 21.1 Å². The molecule has 0 saturated heterocycles. The summed E-state index contributed by atoms with van der Waals surface area (Å²) in [6.07, 6.45) is 2.21. The van der Waals surface area contributed by atoms with E-state index in [0.29, 0.717) is 23.7 Å². The highest BCUT2D eigenvalue weighted by Gasteiger charge is 2.25. The fraction of sp³-hybridized carbons (Fsp3) is 0.350. The zero-order chi connectivity index (χ0) is 19.8. The van der Waals surface area contributed by atoms with Crippen LogP contribution in [0, 0.1) is 5.92 Å². The fourth-order valence-corrected chi connectivity index (χ4v) is 4.63. The summed E-state index contributed by atoms with van der Waals surface area (Å²) >= 11 is 1.58. The number of alkyl halides is 1. The third-order valence-corrected chi connectivity index (χ3v) is 6.19. The summed E-state index contributed by atoms with van der Waals surface area (Å²) in [5.41, 5.74) is 7.87. The number of carbonyl (C=O) groups is 1. The molecule has 1 aliphatic heterocycles. The standard InChI is InChI=1S/C20H21FN4O2S/c1-11(2)15(9-21)25-20(23-10-24-25)17-8-12-5-6-27-16-7-13(19(22)26)3-4-14(16)18(12)28-17/h3-4,7-8,10-11,15H,5-6,9H2,1-2H3,(H2,22,26). The number of nitrogens with two attached hydrogens (primary N) is 1. The van der Waals surface area contributed by atoms with E-state index in [1.165, 1.54) is 6.33 Å². The van der Waals surface area contributed by atoms with Gasteiger partial charge >= 0.3 is 0 Å². The first-order valence-corrected chi connectivity index (χ1v) is 9.96. The smallest absolute Gasteiger partial charge is 0.248 e. The number of carbonyl (C=O) groups excluding carboxylic acids is 1. The molecule has 4 rings (SSSR count). The quantitative estimate of drug-likeness (QED) is 0.705. The van der Waals surface area contributed by atoms with E-state index in [2.05, 4.69) is 16.1 Å². The molecule has 3 heterocycles. The Morgan fingerprint density at radius 3 is 2.93 bits per heavy atom. The molecule has 1 aliphatic rings. The first-order valence-electron chi connectivity index (χ1n) is 9.15. The van der Waals surface area contributed by atoms with Crippen molar-refractivity contribution in [2.75, 3.05) is 13.3 Å². The maximum absolute atomic E-state index is 13.6. The highest BCUT2D eigenvalue weighted by Crippen LogP contribution is 2.44. The zero-order valence-electron chi connectivity index (χ0n) is 15.7. The predicted molar refractivity (Wildman–Crippen MR) is 106 cm³/mol. The van der Waals surface area contributed by atoms with E-state index in [1.807, 2.05) is 19.9 Å². The Labute approximate surface area is 166 Å². The van der Waals surface area contributed by atoms with Crippen molar-refractivity contribution in [3.8, 4) is 26.9 Å². The summed E-state index contributed by atoms with van der Waals surface area (Å²) in [4.78, 5) is 17.9. The van der Waals surface area contributed by atoms with Crippen LogP contribution in [0.5, 0.6) is 5.75 Å². The summed E-state index contributed by atoms with van der Waals surface area (Å²) < 4.78 is 21.1. The number of primary amides is 1. The zero-order valence-corrected chi connectivity index (χ0v) is 16.5. The molecular formula is C20H21FN4O2S. The van der Waals surface area contributed by atoms with E-state index >= 15 is 0 Å². The van der Waals surface area contributed by atoms with Gasteiger partial charge in [0.2, 0.25) is 5.91 Å². The van der Waals surface area contributed by atoms with Gasteiger partial charge in [0.05, 0.1) is 17.5 Å². The van der Waals surface area contributed by atoms with Crippen molar-refractivity contribution in [2.24, 2.45) is 11.7 Å². The lowest BCUT2D eigenvalue weighted by molar-refractivity contribution is 0.1000. The van der Waals surface area contributed by atoms with Crippen molar-refractivity contribution in [1.29, 1.82) is 0 Å². The second-order valence-electron chi connectivity index (χ2n) is 7.13. The normalized spacial score (nSPS) is 14.1. The van der Waals surface area contributed by atoms with Crippen LogP contribution in [-0.2, 0) is 6.42 Å². The number of aromatic nitrogens is 3. The lowest BCUT2D eigenvalue weighted by atomic mass is 10.0. The fourth-order valence-electron chi connectivity index (χ4n) is 3.40. The molecule has 1 atom stereocenters. The van der Waals surface area contributed by atoms with Crippen LogP contribution in [0.3, 0.4) is 0 Å². The number of ether oxygens (including phenoxy) is 1. The molecule has 28 heavy (non-hydrogen) atoms. The second kappa shape index (κ2) is 7.35. The second-order valence-corrected chi connectivity index (χ2v) is 8.18. The molecule has 146 valence electrons. The molecule has 3 aromatic rings. The molecule has 0 spiro atoms. The molecule has 0 aliphatic carbocycles. The topological polar surface area (TPSA) is 83.0 Å². The van der Waals surface area contributed by atoms with Gasteiger partial charge in [-0.1, -0.05) is 13.8 Å². The predicted octanol–water partition coefficient (Wildman–Crippen LogP) is 3.87. The molecule has 0 bridgehead atoms. The average molecular weight is 400 g/mol. The van der Waals surface area contributed by atoms with Crippen molar-refractivity contribution in [3.63, 3.8) is 0 Å². The van der Waals surface area contributed by atoms with Crippen molar-refractivity contribution in [3.05, 3.63) is 41.7 Å². The van der Waals surface area contributed by atoms with Crippen LogP contribution >= 0.6 is 11.3 Å². The minimum atomic E-state index is -0.494. The maximum atomic E-state index is 13.6. The van der Waals surface area contributed by atoms with Gasteiger partial charge in [-0.15, -0.1) is 11.3 Å². The van der Waals surface area contributed by atoms with E-state index in [-0.39, 0.29) is 12.0 Å². The van der Waals surface area contributed by atoms with E-state index in [4.69, 9.17) is 10.5 Å². The Bertz CT molecular complexity index is 1030. The number of fused-ring (bicyclic) bond motifs is 3. The number of benzene rings is 1. The monoisotopic (exact) mass is 400 g/mol. The van der Waals surface area contributed by atoms with Gasteiger partial charge in [-0.2, -0.15) is 5.10 Å². The maximum Gasteiger partial charge on any atom is 0.248 e. The van der Waals surface area contributed by atoms with E-state index in [9.17, 15) is 9.18 Å². The van der Waals surface area contributed by atoms with Gasteiger partial charge in [-0.05, 0) is 35.7 Å². The van der Waals surface area contributed by atoms with Crippen LogP contribution < -0.4 is 10.5 Å². The van der Waals surface area contributed by atoms with Crippen molar-refractivity contribution in [2.45, 2.75) is 26.3 Å². The van der Waals surface area contributed by atoms with Gasteiger partial charge < -0.3 is 10.5 Å². The number of hydrogen-bond acceptors (Lipinski definition) is 5. The lowest BCUT2D eigenvalue weighted by Gasteiger charge is -2.19. The van der Waals surface area contributed by atoms with Crippen LogP contribution in [0.15, 0.2) is 30.6 Å². The van der Waals surface area contributed by atoms with Crippen LogP contribution in [-0.4, -0.2) is 34.0 Å². The van der Waals surface area contributed by atoms with E-state index < -0.39 is 12.6 Å². The van der Waals surface area contributed by atoms with Gasteiger partial charge in [0.25, 0.3) is 0 Å². The molecule has 0 saturated carbocycles. The van der Waals surface area contributed by atoms with E-state index in [0.717, 1.165) is 27.3 Å². The first kappa shape index (κ1) is 18.6. The number of halogens is 1. The Morgan fingerprint density at radius 2 is 2.21 bits per heavy atom. The Balaban J connectivity index is 1.79. The molecule has 2 aromatic heterocycles. The molecular weight excluding hydrogens is 379 g/mol. The van der Waals surface area contributed by atoms with Gasteiger partial charge in [0.15, 0.2) is 5.82 Å². The highest BCUT2D eigenvalue weighted by molar-refractivity contribution is 7.19. The van der Waals surface area contributed by atoms with Crippen LogP contribution in [0.1, 0.15) is 35.8 Å². The molecule has 2 N–H and O–H groups in total. The van der Waals surface area contributed by atoms with Crippen molar-refractivity contribution in [1.82, 2.24) is 14.8 Å². The molecule has 1 aromatic carbocycles. The molecule has 1 unspecified atom stereocenters. The minimum absolute atomic E-state index is 0.101. The molecule has 0 fully saturated rings. The minimum Gasteiger partial charge on any atom is -0.493 e. The molecule has 8 heteroatoms.